The molecule has 2 N–H and O–H groups in total. The van der Waals surface area contributed by atoms with Gasteiger partial charge in [0.15, 0.2) is 0 Å². The molecule has 2 aromatic heterocycles. The lowest BCUT2D eigenvalue weighted by Gasteiger charge is -1.95. The molecule has 0 unspecified atom stereocenters. The summed E-state index contributed by atoms with van der Waals surface area (Å²) >= 11 is 1.61. The van der Waals surface area contributed by atoms with E-state index in [-0.39, 0.29) is 5.91 Å². The molecule has 0 bridgehead atoms. The van der Waals surface area contributed by atoms with Gasteiger partial charge in [-0.15, -0.1) is 11.3 Å². The molecular weight excluding hydrogens is 222 g/mol. The van der Waals surface area contributed by atoms with Crippen LogP contribution in [0, 0.1) is 6.92 Å². The molecule has 2 aromatic rings. The van der Waals surface area contributed by atoms with Crippen molar-refractivity contribution in [1.82, 2.24) is 10.2 Å². The number of aromatic amines is 1. The Kier molecular flexibility index (Phi) is 3.16. The molecule has 0 saturated carbocycles. The van der Waals surface area contributed by atoms with Gasteiger partial charge in [-0.2, -0.15) is 5.10 Å². The third kappa shape index (κ3) is 2.58. The standard InChI is InChI=1S/C11H11N3OS/c1-8-4-5-16-10(8)2-3-11(15)14-9-6-12-13-7-9/h2-7H,1H3,(H,12,13)(H,14,15)/b3-2+. The van der Waals surface area contributed by atoms with Crippen LogP contribution < -0.4 is 5.32 Å². The van der Waals surface area contributed by atoms with Gasteiger partial charge in [0, 0.05) is 17.2 Å². The van der Waals surface area contributed by atoms with Gasteiger partial charge in [0.1, 0.15) is 0 Å². The van der Waals surface area contributed by atoms with Gasteiger partial charge in [-0.3, -0.25) is 9.89 Å². The Morgan fingerprint density at radius 1 is 1.62 bits per heavy atom. The number of hydrogen-bond acceptors (Lipinski definition) is 3. The summed E-state index contributed by atoms with van der Waals surface area (Å²) < 4.78 is 0. The van der Waals surface area contributed by atoms with Gasteiger partial charge in [-0.05, 0) is 30.0 Å². The number of nitrogens with one attached hydrogen (secondary N) is 2. The summed E-state index contributed by atoms with van der Waals surface area (Å²) in [6.45, 7) is 2.02. The van der Waals surface area contributed by atoms with E-state index in [1.54, 1.807) is 23.7 Å². The zero-order valence-electron chi connectivity index (χ0n) is 8.73. The lowest BCUT2D eigenvalue weighted by atomic mass is 10.3. The largest absolute Gasteiger partial charge is 0.320 e. The number of carbonyl (C=O) groups excluding carboxylic acids is 1. The molecule has 4 nitrogen and oxygen atoms in total. The van der Waals surface area contributed by atoms with Gasteiger partial charge in [-0.25, -0.2) is 0 Å². The lowest BCUT2D eigenvalue weighted by Crippen LogP contribution is -2.06. The Morgan fingerprint density at radius 2 is 2.50 bits per heavy atom. The summed E-state index contributed by atoms with van der Waals surface area (Å²) in [5, 5.41) is 11.1. The molecule has 5 heteroatoms. The number of carbonyl (C=O) groups is 1. The first-order valence-electron chi connectivity index (χ1n) is 4.77. The molecule has 1 amide bonds. The number of rotatable bonds is 3. The van der Waals surface area contributed by atoms with Crippen molar-refractivity contribution in [1.29, 1.82) is 0 Å². The van der Waals surface area contributed by atoms with Crippen molar-refractivity contribution >= 4 is 29.0 Å². The second-order valence-electron chi connectivity index (χ2n) is 3.28. The van der Waals surface area contributed by atoms with Crippen LogP contribution in [-0.4, -0.2) is 16.1 Å². The number of H-pyrrole nitrogens is 1. The molecule has 0 spiro atoms. The molecule has 0 atom stereocenters. The maximum atomic E-state index is 11.5. The van der Waals surface area contributed by atoms with Crippen LogP contribution in [0.3, 0.4) is 0 Å². The normalized spacial score (nSPS) is 10.8. The molecule has 2 heterocycles. The molecule has 0 aliphatic rings. The average Bonchev–Trinajstić information content (AvgIpc) is 2.87. The quantitative estimate of drug-likeness (QED) is 0.800. The van der Waals surface area contributed by atoms with E-state index in [9.17, 15) is 4.79 Å². The highest BCUT2D eigenvalue weighted by molar-refractivity contribution is 7.11. The van der Waals surface area contributed by atoms with Gasteiger partial charge >= 0.3 is 0 Å². The molecule has 0 saturated heterocycles. The average molecular weight is 233 g/mol. The van der Waals surface area contributed by atoms with Crippen molar-refractivity contribution in [3.05, 3.63) is 40.4 Å². The van der Waals surface area contributed by atoms with Crippen molar-refractivity contribution in [3.63, 3.8) is 0 Å². The summed E-state index contributed by atoms with van der Waals surface area (Å²) in [4.78, 5) is 12.6. The maximum absolute atomic E-state index is 11.5. The fourth-order valence-electron chi connectivity index (χ4n) is 1.21. The lowest BCUT2D eigenvalue weighted by molar-refractivity contribution is -0.111. The fourth-order valence-corrected chi connectivity index (χ4v) is 2.03. The summed E-state index contributed by atoms with van der Waals surface area (Å²) in [5.41, 5.74) is 1.84. The van der Waals surface area contributed by atoms with E-state index in [0.717, 1.165) is 4.88 Å². The minimum atomic E-state index is -0.158. The Balaban J connectivity index is 1.98. The SMILES string of the molecule is Cc1ccsc1/C=C/C(=O)Nc1cn[nH]c1. The minimum Gasteiger partial charge on any atom is -0.320 e. The third-order valence-electron chi connectivity index (χ3n) is 2.05. The smallest absolute Gasteiger partial charge is 0.248 e. The van der Waals surface area contributed by atoms with E-state index in [4.69, 9.17) is 0 Å². The fraction of sp³-hybridized carbons (Fsp3) is 0.0909. The van der Waals surface area contributed by atoms with Crippen LogP contribution in [0.5, 0.6) is 0 Å². The van der Waals surface area contributed by atoms with Crippen molar-refractivity contribution in [2.75, 3.05) is 5.32 Å². The number of hydrogen-bond donors (Lipinski definition) is 2. The molecule has 0 aliphatic carbocycles. The topological polar surface area (TPSA) is 57.8 Å². The van der Waals surface area contributed by atoms with Crippen molar-refractivity contribution in [3.8, 4) is 0 Å². The number of anilines is 1. The Morgan fingerprint density at radius 3 is 3.12 bits per heavy atom. The van der Waals surface area contributed by atoms with Crippen molar-refractivity contribution in [2.45, 2.75) is 6.92 Å². The van der Waals surface area contributed by atoms with Crippen molar-refractivity contribution < 1.29 is 4.79 Å². The number of aromatic nitrogens is 2. The summed E-state index contributed by atoms with van der Waals surface area (Å²) in [7, 11) is 0. The summed E-state index contributed by atoms with van der Waals surface area (Å²) in [6.07, 6.45) is 6.52. The molecule has 2 rings (SSSR count). The van der Waals surface area contributed by atoms with Gasteiger partial charge in [-0.1, -0.05) is 0 Å². The van der Waals surface area contributed by atoms with Crippen LogP contribution in [0.2, 0.25) is 0 Å². The predicted molar refractivity (Wildman–Crippen MR) is 65.3 cm³/mol. The van der Waals surface area contributed by atoms with E-state index < -0.39 is 0 Å². The van der Waals surface area contributed by atoms with Crippen LogP contribution in [-0.2, 0) is 4.79 Å². The predicted octanol–water partition coefficient (Wildman–Crippen LogP) is 2.43. The highest BCUT2D eigenvalue weighted by Gasteiger charge is 1.99. The maximum Gasteiger partial charge on any atom is 0.248 e. The Labute approximate surface area is 97.0 Å². The highest BCUT2D eigenvalue weighted by Crippen LogP contribution is 2.17. The van der Waals surface area contributed by atoms with Crippen LogP contribution in [0.25, 0.3) is 6.08 Å². The minimum absolute atomic E-state index is 0.158. The first-order valence-corrected chi connectivity index (χ1v) is 5.65. The van der Waals surface area contributed by atoms with E-state index in [1.807, 2.05) is 24.4 Å². The highest BCUT2D eigenvalue weighted by atomic mass is 32.1. The van der Waals surface area contributed by atoms with E-state index in [2.05, 4.69) is 15.5 Å². The molecule has 0 radical (unpaired) electrons. The molecule has 0 fully saturated rings. The summed E-state index contributed by atoms with van der Waals surface area (Å²) in [6, 6.07) is 2.03. The number of thiophene rings is 1. The summed E-state index contributed by atoms with van der Waals surface area (Å²) in [5.74, 6) is -0.158. The Hall–Kier alpha value is -1.88. The second-order valence-corrected chi connectivity index (χ2v) is 4.23. The molecule has 0 aliphatic heterocycles. The van der Waals surface area contributed by atoms with Gasteiger partial charge < -0.3 is 5.32 Å². The van der Waals surface area contributed by atoms with E-state index in [0.29, 0.717) is 5.69 Å². The Bertz CT molecular complexity index is 499. The third-order valence-corrected chi connectivity index (χ3v) is 3.04. The number of aryl methyl sites for hydroxylation is 1. The molecular formula is C11H11N3OS. The first-order chi connectivity index (χ1) is 7.75. The van der Waals surface area contributed by atoms with Gasteiger partial charge in [0.2, 0.25) is 5.91 Å². The first kappa shape index (κ1) is 10.6. The molecule has 0 aromatic carbocycles. The van der Waals surface area contributed by atoms with Crippen LogP contribution in [0.4, 0.5) is 5.69 Å². The van der Waals surface area contributed by atoms with E-state index >= 15 is 0 Å². The monoisotopic (exact) mass is 233 g/mol. The van der Waals surface area contributed by atoms with Gasteiger partial charge in [0.05, 0.1) is 11.9 Å². The van der Waals surface area contributed by atoms with Gasteiger partial charge in [0.25, 0.3) is 0 Å². The van der Waals surface area contributed by atoms with Crippen molar-refractivity contribution in [2.24, 2.45) is 0 Å². The molecule has 16 heavy (non-hydrogen) atoms. The zero-order chi connectivity index (χ0) is 11.4. The van der Waals surface area contributed by atoms with Crippen LogP contribution >= 0.6 is 11.3 Å². The van der Waals surface area contributed by atoms with Crippen LogP contribution in [0.15, 0.2) is 29.9 Å². The van der Waals surface area contributed by atoms with E-state index in [1.165, 1.54) is 11.6 Å². The second kappa shape index (κ2) is 4.76. The number of nitrogens with zero attached hydrogens (tertiary/aromatic N) is 1. The zero-order valence-corrected chi connectivity index (χ0v) is 9.54. The van der Waals surface area contributed by atoms with Crippen LogP contribution in [0.1, 0.15) is 10.4 Å². The molecule has 82 valence electrons. The number of amides is 1.